The Hall–Kier alpha value is -1.60. The van der Waals surface area contributed by atoms with Gasteiger partial charge < -0.3 is 24.7 Å². The summed E-state index contributed by atoms with van der Waals surface area (Å²) in [6, 6.07) is 0.506. The van der Waals surface area contributed by atoms with Crippen molar-refractivity contribution in [3.05, 3.63) is 12.2 Å². The van der Waals surface area contributed by atoms with Gasteiger partial charge in [0.05, 0.1) is 11.5 Å². The van der Waals surface area contributed by atoms with Gasteiger partial charge in [-0.2, -0.15) is 0 Å². The molecule has 254 valence electrons. The van der Waals surface area contributed by atoms with Crippen molar-refractivity contribution in [1.82, 2.24) is 9.80 Å². The maximum Gasteiger partial charge on any atom is 0.409 e. The number of piperidine rings is 1. The molecule has 6 rings (SSSR count). The van der Waals surface area contributed by atoms with Crippen molar-refractivity contribution in [3.8, 4) is 0 Å². The number of rotatable bonds is 5. The van der Waals surface area contributed by atoms with Gasteiger partial charge in [0.15, 0.2) is 0 Å². The molecule has 7 nitrogen and oxygen atoms in total. The molecule has 6 aliphatic rings. The molecule has 0 aromatic carbocycles. The fraction of sp³-hybridized carbons (Fsp3) is 0.895. The summed E-state index contributed by atoms with van der Waals surface area (Å²) >= 11 is 0. The topological polar surface area (TPSA) is 90.3 Å². The normalized spacial score (nSPS) is 48.2. The van der Waals surface area contributed by atoms with Gasteiger partial charge >= 0.3 is 12.1 Å². The summed E-state index contributed by atoms with van der Waals surface area (Å²) in [7, 11) is 4.21. The predicted octanol–water partition coefficient (Wildman–Crippen LogP) is 7.23. The van der Waals surface area contributed by atoms with Crippen LogP contribution in [0.1, 0.15) is 112 Å². The Labute approximate surface area is 272 Å². The molecule has 2 N–H and O–H groups in total. The number of allylic oxidation sites excluding steroid dienone is 1. The van der Waals surface area contributed by atoms with Crippen LogP contribution in [0.25, 0.3) is 0 Å². The average molecular weight is 627 g/mol. The van der Waals surface area contributed by atoms with Crippen molar-refractivity contribution in [2.75, 3.05) is 33.8 Å². The van der Waals surface area contributed by atoms with Crippen LogP contribution < -0.4 is 0 Å². The van der Waals surface area contributed by atoms with Gasteiger partial charge in [-0.15, -0.1) is 0 Å². The number of nitrogens with zero attached hydrogens (tertiary/aromatic N) is 2. The number of carboxylic acid groups (broad SMARTS) is 1. The Morgan fingerprint density at radius 1 is 0.867 bits per heavy atom. The van der Waals surface area contributed by atoms with E-state index in [1.165, 1.54) is 5.57 Å². The van der Waals surface area contributed by atoms with Crippen molar-refractivity contribution >= 4 is 12.1 Å². The van der Waals surface area contributed by atoms with Gasteiger partial charge in [0.2, 0.25) is 0 Å². The van der Waals surface area contributed by atoms with Crippen LogP contribution in [-0.2, 0) is 9.53 Å². The number of aliphatic carboxylic acids is 1. The quantitative estimate of drug-likeness (QED) is 0.313. The molecule has 1 heterocycles. The summed E-state index contributed by atoms with van der Waals surface area (Å²) in [6.07, 6.45) is 10.8. The Balaban J connectivity index is 1.24. The maximum atomic E-state index is 13.3. The Morgan fingerprint density at radius 2 is 1.56 bits per heavy atom. The predicted molar refractivity (Wildman–Crippen MR) is 177 cm³/mol. The van der Waals surface area contributed by atoms with Crippen LogP contribution in [0, 0.1) is 56.7 Å². The van der Waals surface area contributed by atoms with E-state index in [9.17, 15) is 19.8 Å². The molecule has 1 aliphatic heterocycles. The number of aliphatic hydroxyl groups excluding tert-OH is 1. The van der Waals surface area contributed by atoms with Gasteiger partial charge in [-0.1, -0.05) is 39.8 Å². The highest BCUT2D eigenvalue weighted by molar-refractivity contribution is 5.76. The zero-order valence-electron chi connectivity index (χ0n) is 29.4. The van der Waals surface area contributed by atoms with E-state index in [1.807, 2.05) is 4.90 Å². The summed E-state index contributed by atoms with van der Waals surface area (Å²) in [4.78, 5) is 30.4. The highest BCUT2D eigenvalue weighted by Crippen LogP contribution is 2.77. The first-order valence-electron chi connectivity index (χ1n) is 18.2. The van der Waals surface area contributed by atoms with E-state index in [0.29, 0.717) is 23.8 Å². The number of carbonyl (C=O) groups is 2. The minimum Gasteiger partial charge on any atom is -0.481 e. The number of carboxylic acids is 1. The van der Waals surface area contributed by atoms with E-state index >= 15 is 0 Å². The first-order valence-corrected chi connectivity index (χ1v) is 18.2. The number of fused-ring (bicyclic) bond motifs is 7. The van der Waals surface area contributed by atoms with Crippen LogP contribution in [0.4, 0.5) is 4.79 Å². The Morgan fingerprint density at radius 3 is 2.18 bits per heavy atom. The Bertz CT molecular complexity index is 1200. The number of aliphatic hydroxyl groups is 1. The lowest BCUT2D eigenvalue weighted by atomic mass is 9.32. The first-order chi connectivity index (χ1) is 21.0. The highest BCUT2D eigenvalue weighted by Gasteiger charge is 2.72. The van der Waals surface area contributed by atoms with Gasteiger partial charge in [0, 0.05) is 24.5 Å². The largest absolute Gasteiger partial charge is 0.481 e. The summed E-state index contributed by atoms with van der Waals surface area (Å²) in [6.45, 7) is 18.0. The number of ether oxygens (including phenoxy) is 1. The molecule has 1 amide bonds. The fourth-order valence-corrected chi connectivity index (χ4v) is 13.4. The minimum absolute atomic E-state index is 0.0379. The lowest BCUT2D eigenvalue weighted by molar-refractivity contribution is -0.254. The molecule has 6 fully saturated rings. The molecule has 5 aliphatic carbocycles. The molecule has 0 aromatic heterocycles. The summed E-state index contributed by atoms with van der Waals surface area (Å²) in [5, 5.41) is 22.2. The van der Waals surface area contributed by atoms with Crippen molar-refractivity contribution < 1.29 is 24.5 Å². The summed E-state index contributed by atoms with van der Waals surface area (Å²) < 4.78 is 6.12. The molecule has 0 radical (unpaired) electrons. The summed E-state index contributed by atoms with van der Waals surface area (Å²) in [5.41, 5.74) is 0.302. The van der Waals surface area contributed by atoms with Crippen LogP contribution in [-0.4, -0.2) is 78.0 Å². The second-order valence-electron chi connectivity index (χ2n) is 17.9. The van der Waals surface area contributed by atoms with E-state index < -0.39 is 22.9 Å². The second-order valence-corrected chi connectivity index (χ2v) is 17.9. The number of hydrogen-bond acceptors (Lipinski definition) is 5. The lowest BCUT2D eigenvalue weighted by Crippen LogP contribution is -2.67. The van der Waals surface area contributed by atoms with Crippen molar-refractivity contribution in [2.45, 2.75) is 124 Å². The van der Waals surface area contributed by atoms with Crippen LogP contribution >= 0.6 is 0 Å². The third kappa shape index (κ3) is 4.70. The maximum absolute atomic E-state index is 13.3. The second kappa shape index (κ2) is 11.2. The van der Waals surface area contributed by atoms with Crippen LogP contribution in [0.2, 0.25) is 0 Å². The van der Waals surface area contributed by atoms with E-state index in [1.54, 1.807) is 0 Å². The smallest absolute Gasteiger partial charge is 0.409 e. The van der Waals surface area contributed by atoms with Gasteiger partial charge in [0.25, 0.3) is 0 Å². The zero-order valence-corrected chi connectivity index (χ0v) is 29.4. The monoisotopic (exact) mass is 626 g/mol. The van der Waals surface area contributed by atoms with E-state index in [-0.39, 0.29) is 40.8 Å². The summed E-state index contributed by atoms with van der Waals surface area (Å²) in [5.74, 6) is 1.07. The molecule has 0 aromatic rings. The average Bonchev–Trinajstić information content (AvgIpc) is 3.40. The minimum atomic E-state index is -0.600. The zero-order chi connectivity index (χ0) is 32.7. The Kier molecular flexibility index (Phi) is 8.32. The number of hydrogen-bond donors (Lipinski definition) is 2. The fourth-order valence-electron chi connectivity index (χ4n) is 13.4. The first kappa shape index (κ1) is 33.3. The molecule has 0 spiro atoms. The van der Waals surface area contributed by atoms with Gasteiger partial charge in [0.1, 0.15) is 6.61 Å². The van der Waals surface area contributed by atoms with Gasteiger partial charge in [-0.3, -0.25) is 4.79 Å². The number of amides is 1. The van der Waals surface area contributed by atoms with E-state index in [0.717, 1.165) is 90.1 Å². The van der Waals surface area contributed by atoms with Crippen LogP contribution in [0.15, 0.2) is 12.2 Å². The van der Waals surface area contributed by atoms with Crippen LogP contribution in [0.3, 0.4) is 0 Å². The molecule has 7 heteroatoms. The molecule has 1 saturated heterocycles. The molecule has 11 atom stereocenters. The SMILES string of the molecule is C=C(C)[C@@H]1CC[C@]2(C(=O)O)CC[C@]3(C)C(CCC4[C@@]5(C)CC[C@H](O)[C@@](C)(COC(=O)N6CCC(N(C)C)CC6)C5CC[C@]43C)C12. The van der Waals surface area contributed by atoms with Gasteiger partial charge in [-0.05, 0) is 144 Å². The lowest BCUT2D eigenvalue weighted by Gasteiger charge is -2.72. The van der Waals surface area contributed by atoms with Gasteiger partial charge in [-0.25, -0.2) is 4.79 Å². The van der Waals surface area contributed by atoms with Crippen molar-refractivity contribution in [1.29, 1.82) is 0 Å². The van der Waals surface area contributed by atoms with Crippen LogP contribution in [0.5, 0.6) is 0 Å². The molecule has 5 saturated carbocycles. The molecule has 4 unspecified atom stereocenters. The standard InChI is InChI=1S/C38H62N2O5/c1-24(2)26-11-18-38(32(42)43)20-19-36(5)27(31(26)38)9-10-29-34(3)16-13-30(41)35(4,28(34)12-17-37(29,36)6)23-45-33(44)40-21-14-25(15-22-40)39(7)8/h25-31,41H,1,9-23H2,2-8H3,(H,42,43)/t26-,27?,28?,29?,30-,31?,34-,35-,36+,37+,38-/m0/s1. The number of carbonyl (C=O) groups excluding carboxylic acids is 1. The third-order valence-electron chi connectivity index (χ3n) is 16.2. The molecular weight excluding hydrogens is 564 g/mol. The molecule has 45 heavy (non-hydrogen) atoms. The molecule has 0 bridgehead atoms. The van der Waals surface area contributed by atoms with E-state index in [2.05, 4.69) is 60.2 Å². The molecular formula is C38H62N2O5. The van der Waals surface area contributed by atoms with Crippen molar-refractivity contribution in [2.24, 2.45) is 56.7 Å². The highest BCUT2D eigenvalue weighted by atomic mass is 16.6. The van der Waals surface area contributed by atoms with E-state index in [4.69, 9.17) is 4.74 Å². The third-order valence-corrected chi connectivity index (χ3v) is 16.2. The number of likely N-dealkylation sites (tertiary alicyclic amines) is 1. The van der Waals surface area contributed by atoms with Crippen molar-refractivity contribution in [3.63, 3.8) is 0 Å².